The number of halogens is 1. The van der Waals surface area contributed by atoms with Gasteiger partial charge in [-0.3, -0.25) is 4.79 Å². The number of ketones is 2. The minimum atomic E-state index is -0.542. The van der Waals surface area contributed by atoms with Gasteiger partial charge >= 0.3 is 24.4 Å². The summed E-state index contributed by atoms with van der Waals surface area (Å²) in [6.45, 7) is 41.9. The number of rotatable bonds is 22. The van der Waals surface area contributed by atoms with Crippen LogP contribution in [0.25, 0.3) is 5.73 Å². The summed E-state index contributed by atoms with van der Waals surface area (Å²) in [5.74, 6) is 1.98. The van der Waals surface area contributed by atoms with Crippen molar-refractivity contribution in [3.8, 4) is 0 Å². The summed E-state index contributed by atoms with van der Waals surface area (Å²) < 4.78 is 20.7. The van der Waals surface area contributed by atoms with Gasteiger partial charge in [0.1, 0.15) is 34.5 Å². The van der Waals surface area contributed by atoms with Crippen LogP contribution in [0.15, 0.2) is 0 Å². The summed E-state index contributed by atoms with van der Waals surface area (Å²) >= 11 is 0. The first-order valence-electron chi connectivity index (χ1n) is 31.8. The van der Waals surface area contributed by atoms with Crippen LogP contribution in [0.4, 0.5) is 19.2 Å². The van der Waals surface area contributed by atoms with Crippen molar-refractivity contribution < 1.29 is 75.1 Å². The minimum absolute atomic E-state index is 0. The smallest absolute Gasteiger partial charge is 0.408 e. The van der Waals surface area contributed by atoms with Gasteiger partial charge < -0.3 is 78.2 Å². The van der Waals surface area contributed by atoms with Crippen LogP contribution in [0.1, 0.15) is 261 Å². The molecule has 3 fully saturated rings. The van der Waals surface area contributed by atoms with Crippen molar-refractivity contribution in [1.82, 2.24) is 21.3 Å². The highest BCUT2D eigenvalue weighted by Gasteiger charge is 2.36. The van der Waals surface area contributed by atoms with Crippen LogP contribution in [0.5, 0.6) is 0 Å². The Hall–Kier alpha value is -3.74. The number of alkyl carbamates (subject to hydrolysis) is 4. The highest BCUT2D eigenvalue weighted by atomic mass is 35.5. The Labute approximate surface area is 516 Å². The molecule has 11 unspecified atom stereocenters. The number of hydrogen-bond acceptors (Lipinski definition) is 13. The molecule has 7 N–H and O–H groups in total. The molecule has 0 heterocycles. The van der Waals surface area contributed by atoms with E-state index in [0.717, 1.165) is 89.8 Å². The second-order valence-electron chi connectivity index (χ2n) is 27.7. The Morgan fingerprint density at radius 2 is 0.821 bits per heavy atom. The van der Waals surface area contributed by atoms with Crippen molar-refractivity contribution in [3.05, 3.63) is 5.73 Å². The monoisotopic (exact) mass is 1220 g/mol. The summed E-state index contributed by atoms with van der Waals surface area (Å²) in [6, 6.07) is -1.81. The molecule has 3 rings (SSSR count). The third kappa shape index (κ3) is 37.7. The molecule has 18 nitrogen and oxygen atoms in total. The Balaban J connectivity index is -0.000000983. The fourth-order valence-electron chi connectivity index (χ4n) is 9.58. The Kier molecular flexibility index (Phi) is 42.4. The van der Waals surface area contributed by atoms with Gasteiger partial charge in [-0.1, -0.05) is 152 Å². The van der Waals surface area contributed by atoms with Crippen molar-refractivity contribution in [2.75, 3.05) is 6.61 Å². The number of hydrogen-bond donors (Lipinski definition) is 6. The number of aliphatic hydroxyl groups excluding tert-OH is 2. The average Bonchev–Trinajstić information content (AvgIpc) is 4.27. The molecule has 0 aliphatic heterocycles. The number of ether oxygens (including phenoxy) is 4. The predicted molar refractivity (Wildman–Crippen MR) is 333 cm³/mol. The van der Waals surface area contributed by atoms with Gasteiger partial charge in [0.25, 0.3) is 0 Å². The van der Waals surface area contributed by atoms with Crippen molar-refractivity contribution in [2.45, 2.75) is 320 Å². The highest BCUT2D eigenvalue weighted by Crippen LogP contribution is 2.32. The molecule has 0 radical (unpaired) electrons. The lowest BCUT2D eigenvalue weighted by molar-refractivity contribution is -0.126. The maximum atomic E-state index is 12.6. The fraction of sp³-hybridized carbons (Fsp3) is 0.892. The molecule has 3 saturated carbocycles. The van der Waals surface area contributed by atoms with Gasteiger partial charge in [0.05, 0.1) is 36.9 Å². The largest absolute Gasteiger partial charge is 1.00 e. The van der Waals surface area contributed by atoms with Gasteiger partial charge in [-0.2, -0.15) is 0 Å². The molecular formula is C65H124ClN5O13-2. The molecule has 11 atom stereocenters. The minimum Gasteiger partial charge on any atom is -1.00 e. The maximum Gasteiger partial charge on any atom is 0.408 e. The first-order chi connectivity index (χ1) is 38.2. The molecule has 0 aromatic carbocycles. The van der Waals surface area contributed by atoms with E-state index in [4.69, 9.17) is 29.8 Å². The van der Waals surface area contributed by atoms with Crippen LogP contribution in [-0.2, 0) is 33.3 Å². The molecule has 0 aromatic heterocycles. The number of nitrogens with one attached hydrogen (secondary N) is 5. The highest BCUT2D eigenvalue weighted by molar-refractivity contribution is 5.90. The van der Waals surface area contributed by atoms with E-state index < -0.39 is 71.0 Å². The van der Waals surface area contributed by atoms with Crippen LogP contribution in [0, 0.1) is 47.3 Å². The topological polar surface area (TPSA) is 269 Å². The summed E-state index contributed by atoms with van der Waals surface area (Å²) in [7, 11) is 0. The van der Waals surface area contributed by atoms with Gasteiger partial charge in [0.2, 0.25) is 0 Å². The molecule has 0 saturated heterocycles. The number of aliphatic hydroxyl groups is 2. The zero-order valence-corrected chi connectivity index (χ0v) is 57.4. The zero-order valence-electron chi connectivity index (χ0n) is 56.7. The number of carbonyl (C=O) groups is 7. The molecule has 4 amide bonds. The zero-order chi connectivity index (χ0) is 64.6. The summed E-state index contributed by atoms with van der Waals surface area (Å²) in [5, 5.41) is 30.6. The van der Waals surface area contributed by atoms with Gasteiger partial charge in [-0.05, 0) is 151 Å². The SMILES string of the molecule is CCC(C)C(C=O)NC(=O)OC(C)(C)C.CCC(C)C(CO)NC(=O)OC(C)(C)C.CCC(C)C(NC(=O)OC(C)(C)C)C(=O)C1CCCC1.CCC(C)C(NC(=O)OC(C)(C)C)C(O)C1CCCC1.CCC(C)C([NH-])C(=O)C1CCCC1.[Cl-]. The number of Topliss-reactive ketones (excluding diaryl/α,β-unsaturated/α-hetero) is 2. The molecule has 3 aliphatic carbocycles. The van der Waals surface area contributed by atoms with Crippen LogP contribution in [0.3, 0.4) is 0 Å². The average molecular weight is 1220 g/mol. The lowest BCUT2D eigenvalue weighted by atomic mass is 9.86. The van der Waals surface area contributed by atoms with Crippen molar-refractivity contribution in [3.63, 3.8) is 0 Å². The van der Waals surface area contributed by atoms with Crippen LogP contribution < -0.4 is 33.7 Å². The Morgan fingerprint density at radius 1 is 0.488 bits per heavy atom. The quantitative estimate of drug-likeness (QED) is 0.0435. The first-order valence-corrected chi connectivity index (χ1v) is 31.8. The molecule has 0 aromatic rings. The molecule has 19 heteroatoms. The molecule has 3 aliphatic rings. The summed E-state index contributed by atoms with van der Waals surface area (Å²) in [6.07, 6.45) is 15.9. The van der Waals surface area contributed by atoms with Gasteiger partial charge in [0, 0.05) is 11.8 Å². The van der Waals surface area contributed by atoms with Crippen LogP contribution >= 0.6 is 0 Å². The van der Waals surface area contributed by atoms with Crippen molar-refractivity contribution in [1.29, 1.82) is 0 Å². The van der Waals surface area contributed by atoms with Crippen molar-refractivity contribution >= 4 is 42.2 Å². The molecule has 84 heavy (non-hydrogen) atoms. The van der Waals surface area contributed by atoms with E-state index in [2.05, 4.69) is 35.1 Å². The second-order valence-corrected chi connectivity index (χ2v) is 27.7. The summed E-state index contributed by atoms with van der Waals surface area (Å²) in [4.78, 5) is 81.7. The third-order valence-corrected chi connectivity index (χ3v) is 15.7. The van der Waals surface area contributed by atoms with Gasteiger partial charge in [-0.25, -0.2) is 19.2 Å². The van der Waals surface area contributed by atoms with E-state index in [-0.39, 0.29) is 84.1 Å². The third-order valence-electron chi connectivity index (χ3n) is 15.7. The summed E-state index contributed by atoms with van der Waals surface area (Å²) in [5.41, 5.74) is 5.71. The normalized spacial score (nSPS) is 18.8. The second kappa shape index (κ2) is 42.2. The van der Waals surface area contributed by atoms with Crippen molar-refractivity contribution in [2.24, 2.45) is 47.3 Å². The van der Waals surface area contributed by atoms with E-state index in [0.29, 0.717) is 5.92 Å². The van der Waals surface area contributed by atoms with E-state index >= 15 is 0 Å². The van der Waals surface area contributed by atoms with E-state index in [1.165, 1.54) is 25.7 Å². The van der Waals surface area contributed by atoms with E-state index in [1.807, 2.05) is 118 Å². The van der Waals surface area contributed by atoms with Crippen LogP contribution in [0.2, 0.25) is 0 Å². The molecular weight excluding hydrogens is 1090 g/mol. The van der Waals surface area contributed by atoms with Gasteiger partial charge in [-0.15, -0.1) is 0 Å². The number of amides is 4. The molecule has 0 bridgehead atoms. The predicted octanol–water partition coefficient (Wildman–Crippen LogP) is 11.4. The maximum absolute atomic E-state index is 12.6. The van der Waals surface area contributed by atoms with Gasteiger partial charge in [0.15, 0.2) is 5.78 Å². The number of aldehydes is 1. The fourth-order valence-corrected chi connectivity index (χ4v) is 9.58. The molecule has 0 spiro atoms. The lowest BCUT2D eigenvalue weighted by Crippen LogP contribution is -3.00. The Morgan fingerprint density at radius 3 is 1.17 bits per heavy atom. The van der Waals surface area contributed by atoms with Crippen LogP contribution in [-0.4, -0.2) is 118 Å². The first kappa shape index (κ1) is 84.5. The lowest BCUT2D eigenvalue weighted by Gasteiger charge is -2.33. The molecule has 496 valence electrons. The standard InChI is InChI=1S/C16H31NO3.C16H29NO3.C11H23NO3.C11H21NO3.C11H20NO.ClH/c2*1-6-11(2)13(14(18)12-9-7-8-10-12)17-15(19)20-16(3,4)5;2*1-6-8(2)9(7-13)12-10(14)15-11(3,4)5;1-3-8(2)10(12)11(13)9-6-4-5-7-9;/h11-14,18H,6-10H2,1-5H3,(H,17,19);11-13H,6-10H2,1-5H3,(H,17,19);8-9,13H,6-7H2,1-5H3,(H,12,14);7-9H,6H2,1-5H3,(H,12,14);8-10,12H,3-7H2,1-2H3;1H/q;;;;-1;/p-1. The van der Waals surface area contributed by atoms with E-state index in [9.17, 15) is 38.7 Å². The Bertz CT molecular complexity index is 1850. The number of carbonyl (C=O) groups excluding carboxylic acids is 7. The van der Waals surface area contributed by atoms with E-state index in [1.54, 1.807) is 20.8 Å².